The summed E-state index contributed by atoms with van der Waals surface area (Å²) in [6.07, 6.45) is -2.07. The van der Waals surface area contributed by atoms with Gasteiger partial charge in [0.1, 0.15) is 0 Å². The lowest BCUT2D eigenvalue weighted by Gasteiger charge is -2.11. The normalized spacial score (nSPS) is 11.3. The molecule has 23 heavy (non-hydrogen) atoms. The molecule has 0 aliphatic rings. The molecular weight excluding hydrogens is 309 g/mol. The number of rotatable bonds is 5. The summed E-state index contributed by atoms with van der Waals surface area (Å²) in [4.78, 5) is 11.7. The second-order valence-electron chi connectivity index (χ2n) is 5.01. The van der Waals surface area contributed by atoms with Gasteiger partial charge in [0.25, 0.3) is 0 Å². The molecule has 1 aromatic heterocycles. The molecule has 2 N–H and O–H groups in total. The Kier molecular flexibility index (Phi) is 5.25. The van der Waals surface area contributed by atoms with Crippen molar-refractivity contribution in [3.05, 3.63) is 47.8 Å². The molecule has 0 radical (unpaired) electrons. The Balaban J connectivity index is 1.78. The third-order valence-corrected chi connectivity index (χ3v) is 3.21. The SMILES string of the molecule is Cc1ccnn1CCCNC(=O)Nc1cccc(C(F)(F)F)c1. The fraction of sp³-hybridized carbons (Fsp3) is 0.333. The average Bonchev–Trinajstić information content (AvgIpc) is 2.88. The van der Waals surface area contributed by atoms with E-state index in [2.05, 4.69) is 15.7 Å². The summed E-state index contributed by atoms with van der Waals surface area (Å²) < 4.78 is 39.6. The monoisotopic (exact) mass is 326 g/mol. The number of carbonyl (C=O) groups is 1. The zero-order chi connectivity index (χ0) is 16.9. The zero-order valence-electron chi connectivity index (χ0n) is 12.5. The van der Waals surface area contributed by atoms with Crippen molar-refractivity contribution in [1.82, 2.24) is 15.1 Å². The second-order valence-corrected chi connectivity index (χ2v) is 5.01. The van der Waals surface area contributed by atoms with Crippen molar-refractivity contribution >= 4 is 11.7 Å². The van der Waals surface area contributed by atoms with Gasteiger partial charge < -0.3 is 10.6 Å². The first-order chi connectivity index (χ1) is 10.9. The Bertz CT molecular complexity index is 667. The van der Waals surface area contributed by atoms with Gasteiger partial charge in [-0.3, -0.25) is 4.68 Å². The van der Waals surface area contributed by atoms with E-state index in [-0.39, 0.29) is 5.69 Å². The van der Waals surface area contributed by atoms with Gasteiger partial charge in [0.2, 0.25) is 0 Å². The molecular formula is C15H17F3N4O. The molecule has 2 rings (SSSR count). The molecule has 124 valence electrons. The molecule has 2 amide bonds. The number of anilines is 1. The lowest BCUT2D eigenvalue weighted by molar-refractivity contribution is -0.137. The second kappa shape index (κ2) is 7.17. The number of amides is 2. The minimum atomic E-state index is -4.43. The number of carbonyl (C=O) groups excluding carboxylic acids is 1. The Morgan fingerprint density at radius 1 is 1.30 bits per heavy atom. The molecule has 1 aromatic carbocycles. The van der Waals surface area contributed by atoms with E-state index >= 15 is 0 Å². The first-order valence-electron chi connectivity index (χ1n) is 7.07. The molecule has 0 atom stereocenters. The molecule has 0 fully saturated rings. The smallest absolute Gasteiger partial charge is 0.338 e. The molecule has 0 spiro atoms. The molecule has 0 saturated heterocycles. The summed E-state index contributed by atoms with van der Waals surface area (Å²) in [5.74, 6) is 0. The molecule has 0 aliphatic heterocycles. The quantitative estimate of drug-likeness (QED) is 0.827. The Morgan fingerprint density at radius 3 is 2.74 bits per heavy atom. The fourth-order valence-electron chi connectivity index (χ4n) is 2.01. The van der Waals surface area contributed by atoms with Crippen molar-refractivity contribution in [3.63, 3.8) is 0 Å². The first kappa shape index (κ1) is 16.9. The van der Waals surface area contributed by atoms with Crippen LogP contribution in [-0.2, 0) is 12.7 Å². The van der Waals surface area contributed by atoms with E-state index in [1.165, 1.54) is 12.1 Å². The van der Waals surface area contributed by atoms with E-state index in [0.29, 0.717) is 19.5 Å². The zero-order valence-corrected chi connectivity index (χ0v) is 12.5. The summed E-state index contributed by atoms with van der Waals surface area (Å²) in [7, 11) is 0. The fourth-order valence-corrected chi connectivity index (χ4v) is 2.01. The average molecular weight is 326 g/mol. The van der Waals surface area contributed by atoms with Crippen molar-refractivity contribution in [2.24, 2.45) is 0 Å². The summed E-state index contributed by atoms with van der Waals surface area (Å²) in [6.45, 7) is 2.98. The summed E-state index contributed by atoms with van der Waals surface area (Å²) >= 11 is 0. The number of hydrogen-bond acceptors (Lipinski definition) is 2. The maximum absolute atomic E-state index is 12.6. The van der Waals surface area contributed by atoms with Crippen LogP contribution in [0, 0.1) is 6.92 Å². The number of hydrogen-bond donors (Lipinski definition) is 2. The van der Waals surface area contributed by atoms with Crippen molar-refractivity contribution in [3.8, 4) is 0 Å². The van der Waals surface area contributed by atoms with Gasteiger partial charge in [0, 0.05) is 30.7 Å². The third-order valence-electron chi connectivity index (χ3n) is 3.21. The Labute approximate surface area is 131 Å². The molecule has 5 nitrogen and oxygen atoms in total. The van der Waals surface area contributed by atoms with Crippen molar-refractivity contribution in [1.29, 1.82) is 0 Å². The maximum Gasteiger partial charge on any atom is 0.416 e. The van der Waals surface area contributed by atoms with Gasteiger partial charge >= 0.3 is 12.2 Å². The van der Waals surface area contributed by atoms with E-state index in [9.17, 15) is 18.0 Å². The van der Waals surface area contributed by atoms with Crippen LogP contribution in [0.5, 0.6) is 0 Å². The van der Waals surface area contributed by atoms with Crippen LogP contribution >= 0.6 is 0 Å². The van der Waals surface area contributed by atoms with Crippen LogP contribution in [0.2, 0.25) is 0 Å². The molecule has 0 saturated carbocycles. The van der Waals surface area contributed by atoms with E-state index in [4.69, 9.17) is 0 Å². The number of alkyl halides is 3. The predicted octanol–water partition coefficient (Wildman–Crippen LogP) is 3.42. The minimum absolute atomic E-state index is 0.0974. The highest BCUT2D eigenvalue weighted by Crippen LogP contribution is 2.30. The minimum Gasteiger partial charge on any atom is -0.338 e. The molecule has 2 aromatic rings. The number of nitrogens with zero attached hydrogens (tertiary/aromatic N) is 2. The summed E-state index contributed by atoms with van der Waals surface area (Å²) in [5, 5.41) is 9.10. The van der Waals surface area contributed by atoms with Crippen molar-refractivity contribution in [2.75, 3.05) is 11.9 Å². The maximum atomic E-state index is 12.6. The number of urea groups is 1. The number of aryl methyl sites for hydroxylation is 2. The van der Waals surface area contributed by atoms with Crippen LogP contribution in [0.15, 0.2) is 36.5 Å². The highest BCUT2D eigenvalue weighted by molar-refractivity contribution is 5.89. The van der Waals surface area contributed by atoms with E-state index in [1.807, 2.05) is 17.7 Å². The predicted molar refractivity (Wildman–Crippen MR) is 80.0 cm³/mol. The van der Waals surface area contributed by atoms with Crippen molar-refractivity contribution in [2.45, 2.75) is 26.1 Å². The third kappa shape index (κ3) is 5.01. The van der Waals surface area contributed by atoms with Crippen LogP contribution in [0.25, 0.3) is 0 Å². The molecule has 8 heteroatoms. The van der Waals surface area contributed by atoms with E-state index in [0.717, 1.165) is 17.8 Å². The topological polar surface area (TPSA) is 59.0 Å². The van der Waals surface area contributed by atoms with Crippen LogP contribution in [0.1, 0.15) is 17.7 Å². The Morgan fingerprint density at radius 2 is 2.09 bits per heavy atom. The van der Waals surface area contributed by atoms with Gasteiger partial charge in [-0.2, -0.15) is 18.3 Å². The summed E-state index contributed by atoms with van der Waals surface area (Å²) in [5.41, 5.74) is 0.322. The highest BCUT2D eigenvalue weighted by atomic mass is 19.4. The van der Waals surface area contributed by atoms with Gasteiger partial charge in [-0.05, 0) is 37.6 Å². The molecule has 0 bridgehead atoms. The standard InChI is InChI=1S/C15H17F3N4O/c1-11-6-8-20-22(11)9-3-7-19-14(23)21-13-5-2-4-12(10-13)15(16,17)18/h2,4-6,8,10H,3,7,9H2,1H3,(H2,19,21,23). The van der Waals surface area contributed by atoms with E-state index < -0.39 is 17.8 Å². The number of nitrogens with one attached hydrogen (secondary N) is 2. The number of aromatic nitrogens is 2. The van der Waals surface area contributed by atoms with Gasteiger partial charge in [-0.1, -0.05) is 6.07 Å². The number of halogens is 3. The molecule has 0 unspecified atom stereocenters. The van der Waals surface area contributed by atoms with Crippen LogP contribution in [-0.4, -0.2) is 22.4 Å². The lowest BCUT2D eigenvalue weighted by atomic mass is 10.2. The number of benzene rings is 1. The Hall–Kier alpha value is -2.51. The van der Waals surface area contributed by atoms with Crippen LogP contribution in [0.3, 0.4) is 0 Å². The van der Waals surface area contributed by atoms with E-state index in [1.54, 1.807) is 6.20 Å². The van der Waals surface area contributed by atoms with Gasteiger partial charge in [0.15, 0.2) is 0 Å². The molecule has 1 heterocycles. The van der Waals surface area contributed by atoms with Crippen LogP contribution in [0.4, 0.5) is 23.7 Å². The summed E-state index contributed by atoms with van der Waals surface area (Å²) in [6, 6.07) is 5.85. The highest BCUT2D eigenvalue weighted by Gasteiger charge is 2.30. The van der Waals surface area contributed by atoms with Gasteiger partial charge in [0.05, 0.1) is 5.56 Å². The van der Waals surface area contributed by atoms with Crippen LogP contribution < -0.4 is 10.6 Å². The molecule has 0 aliphatic carbocycles. The largest absolute Gasteiger partial charge is 0.416 e. The first-order valence-corrected chi connectivity index (χ1v) is 7.07. The van der Waals surface area contributed by atoms with Gasteiger partial charge in [-0.15, -0.1) is 0 Å². The van der Waals surface area contributed by atoms with Gasteiger partial charge in [-0.25, -0.2) is 4.79 Å². The van der Waals surface area contributed by atoms with Crippen molar-refractivity contribution < 1.29 is 18.0 Å². The lowest BCUT2D eigenvalue weighted by Crippen LogP contribution is -2.30.